The minimum atomic E-state index is -0.142. The van der Waals surface area contributed by atoms with Crippen LogP contribution in [0.4, 0.5) is 0 Å². The van der Waals surface area contributed by atoms with Gasteiger partial charge in [-0.2, -0.15) is 0 Å². The van der Waals surface area contributed by atoms with E-state index in [1.54, 1.807) is 48.8 Å². The number of pyridine rings is 2. The molecule has 6 nitrogen and oxygen atoms in total. The number of nitrogens with one attached hydrogen (secondary N) is 2. The molecule has 2 heterocycles. The van der Waals surface area contributed by atoms with E-state index >= 15 is 0 Å². The molecule has 0 atom stereocenters. The van der Waals surface area contributed by atoms with Crippen LogP contribution in [0.15, 0.2) is 48.8 Å². The van der Waals surface area contributed by atoms with Crippen molar-refractivity contribution in [2.24, 2.45) is 0 Å². The Bertz CT molecular complexity index is 621. The third kappa shape index (κ3) is 4.16. The zero-order valence-electron chi connectivity index (χ0n) is 13.3. The number of hydrogen-bond acceptors (Lipinski definition) is 4. The summed E-state index contributed by atoms with van der Waals surface area (Å²) < 4.78 is 0. The molecule has 2 amide bonds. The molecule has 1 fully saturated rings. The second-order valence-electron chi connectivity index (χ2n) is 5.93. The number of nitrogens with zero attached hydrogens (tertiary/aromatic N) is 2. The molecule has 24 heavy (non-hydrogen) atoms. The molecule has 3 rings (SSSR count). The van der Waals surface area contributed by atoms with Crippen LogP contribution in [0.1, 0.15) is 46.7 Å². The fourth-order valence-corrected chi connectivity index (χ4v) is 2.89. The fraction of sp³-hybridized carbons (Fsp3) is 0.333. The Labute approximate surface area is 140 Å². The van der Waals surface area contributed by atoms with Crippen LogP contribution in [0.5, 0.6) is 0 Å². The molecule has 0 bridgehead atoms. The molecule has 0 unspecified atom stereocenters. The van der Waals surface area contributed by atoms with Gasteiger partial charge in [0, 0.05) is 24.5 Å². The van der Waals surface area contributed by atoms with Crippen molar-refractivity contribution in [1.82, 2.24) is 20.6 Å². The topological polar surface area (TPSA) is 84.0 Å². The number of rotatable bonds is 4. The number of carbonyl (C=O) groups excluding carboxylic acids is 2. The summed E-state index contributed by atoms with van der Waals surface area (Å²) in [6, 6.07) is 10.8. The van der Waals surface area contributed by atoms with Gasteiger partial charge in [0.2, 0.25) is 0 Å². The molecule has 124 valence electrons. The lowest BCUT2D eigenvalue weighted by atomic mass is 9.91. The molecule has 0 aliphatic heterocycles. The van der Waals surface area contributed by atoms with Gasteiger partial charge >= 0.3 is 0 Å². The number of hydrogen-bond donors (Lipinski definition) is 2. The molecular formula is C18H20N4O2. The predicted octanol–water partition coefficient (Wildman–Crippen LogP) is 1.95. The van der Waals surface area contributed by atoms with E-state index in [2.05, 4.69) is 20.6 Å². The Kier molecular flexibility index (Phi) is 5.15. The lowest BCUT2D eigenvalue weighted by molar-refractivity contribution is 0.0887. The van der Waals surface area contributed by atoms with Gasteiger partial charge in [-0.1, -0.05) is 12.1 Å². The van der Waals surface area contributed by atoms with E-state index in [4.69, 9.17) is 0 Å². The average Bonchev–Trinajstić information content (AvgIpc) is 2.65. The molecule has 0 spiro atoms. The van der Waals surface area contributed by atoms with E-state index in [-0.39, 0.29) is 23.9 Å². The third-order valence-electron chi connectivity index (χ3n) is 4.19. The van der Waals surface area contributed by atoms with Crippen molar-refractivity contribution in [3.05, 3.63) is 60.2 Å². The minimum Gasteiger partial charge on any atom is -0.348 e. The maximum atomic E-state index is 12.1. The van der Waals surface area contributed by atoms with E-state index in [1.165, 1.54) is 0 Å². The first-order chi connectivity index (χ1) is 11.7. The Morgan fingerprint density at radius 1 is 0.750 bits per heavy atom. The lowest BCUT2D eigenvalue weighted by Gasteiger charge is -2.29. The van der Waals surface area contributed by atoms with E-state index in [9.17, 15) is 9.59 Å². The maximum absolute atomic E-state index is 12.1. The number of carbonyl (C=O) groups is 2. The SMILES string of the molecule is O=C(NC1CCC(NC(=O)c2ccccn2)CC1)c1ccccn1. The molecule has 1 aliphatic carbocycles. The quantitative estimate of drug-likeness (QED) is 0.900. The van der Waals surface area contributed by atoms with E-state index < -0.39 is 0 Å². The van der Waals surface area contributed by atoms with E-state index in [0.717, 1.165) is 25.7 Å². The zero-order chi connectivity index (χ0) is 16.8. The first-order valence-corrected chi connectivity index (χ1v) is 8.16. The highest BCUT2D eigenvalue weighted by Crippen LogP contribution is 2.19. The minimum absolute atomic E-state index is 0.127. The van der Waals surface area contributed by atoms with Crippen LogP contribution >= 0.6 is 0 Å². The van der Waals surface area contributed by atoms with Crippen LogP contribution < -0.4 is 10.6 Å². The zero-order valence-corrected chi connectivity index (χ0v) is 13.3. The van der Waals surface area contributed by atoms with Crippen molar-refractivity contribution in [3.8, 4) is 0 Å². The summed E-state index contributed by atoms with van der Waals surface area (Å²) in [4.78, 5) is 32.3. The third-order valence-corrected chi connectivity index (χ3v) is 4.19. The maximum Gasteiger partial charge on any atom is 0.270 e. The average molecular weight is 324 g/mol. The molecule has 1 saturated carbocycles. The normalized spacial score (nSPS) is 20.2. The number of aromatic nitrogens is 2. The summed E-state index contributed by atoms with van der Waals surface area (Å²) in [6.07, 6.45) is 6.58. The van der Waals surface area contributed by atoms with Gasteiger partial charge in [-0.15, -0.1) is 0 Å². The highest BCUT2D eigenvalue weighted by molar-refractivity contribution is 5.93. The molecule has 0 saturated heterocycles. The van der Waals surface area contributed by atoms with Crippen molar-refractivity contribution < 1.29 is 9.59 Å². The first-order valence-electron chi connectivity index (χ1n) is 8.16. The fourth-order valence-electron chi connectivity index (χ4n) is 2.89. The summed E-state index contributed by atoms with van der Waals surface area (Å²) in [7, 11) is 0. The van der Waals surface area contributed by atoms with Crippen LogP contribution in [0, 0.1) is 0 Å². The van der Waals surface area contributed by atoms with Gasteiger partial charge in [-0.25, -0.2) is 0 Å². The van der Waals surface area contributed by atoms with Crippen LogP contribution in [0.25, 0.3) is 0 Å². The van der Waals surface area contributed by atoms with Crippen molar-refractivity contribution in [3.63, 3.8) is 0 Å². The summed E-state index contributed by atoms with van der Waals surface area (Å²) in [5.41, 5.74) is 0.867. The standard InChI is InChI=1S/C18H20N4O2/c23-17(15-5-1-3-11-19-15)21-13-7-9-14(10-8-13)22-18(24)16-6-2-4-12-20-16/h1-6,11-14H,7-10H2,(H,21,23)(H,22,24). The van der Waals surface area contributed by atoms with Gasteiger partial charge in [0.1, 0.15) is 11.4 Å². The van der Waals surface area contributed by atoms with Gasteiger partial charge in [0.05, 0.1) is 0 Å². The largest absolute Gasteiger partial charge is 0.348 e. The van der Waals surface area contributed by atoms with Gasteiger partial charge in [-0.3, -0.25) is 19.6 Å². The second kappa shape index (κ2) is 7.68. The first kappa shape index (κ1) is 16.1. The molecule has 6 heteroatoms. The Hall–Kier alpha value is -2.76. The van der Waals surface area contributed by atoms with Gasteiger partial charge in [-0.05, 0) is 49.9 Å². The Balaban J connectivity index is 1.46. The van der Waals surface area contributed by atoms with Gasteiger partial charge < -0.3 is 10.6 Å². The Morgan fingerprint density at radius 2 is 1.17 bits per heavy atom. The van der Waals surface area contributed by atoms with Crippen LogP contribution in [-0.4, -0.2) is 33.9 Å². The summed E-state index contributed by atoms with van der Waals surface area (Å²) in [5.74, 6) is -0.284. The van der Waals surface area contributed by atoms with Gasteiger partial charge in [0.25, 0.3) is 11.8 Å². The molecular weight excluding hydrogens is 304 g/mol. The highest BCUT2D eigenvalue weighted by Gasteiger charge is 2.24. The van der Waals surface area contributed by atoms with Crippen LogP contribution in [0.3, 0.4) is 0 Å². The van der Waals surface area contributed by atoms with E-state index in [1.807, 2.05) is 0 Å². The van der Waals surface area contributed by atoms with Crippen molar-refractivity contribution in [1.29, 1.82) is 0 Å². The Morgan fingerprint density at radius 3 is 1.50 bits per heavy atom. The molecule has 0 radical (unpaired) electrons. The number of amides is 2. The van der Waals surface area contributed by atoms with Crippen LogP contribution in [0.2, 0.25) is 0 Å². The molecule has 0 aromatic carbocycles. The lowest BCUT2D eigenvalue weighted by Crippen LogP contribution is -2.44. The molecule has 2 N–H and O–H groups in total. The van der Waals surface area contributed by atoms with Crippen LogP contribution in [-0.2, 0) is 0 Å². The predicted molar refractivity (Wildman–Crippen MR) is 89.5 cm³/mol. The second-order valence-corrected chi connectivity index (χ2v) is 5.93. The molecule has 2 aromatic rings. The van der Waals surface area contributed by atoms with Crippen molar-refractivity contribution >= 4 is 11.8 Å². The molecule has 2 aromatic heterocycles. The summed E-state index contributed by atoms with van der Waals surface area (Å²) in [6.45, 7) is 0. The van der Waals surface area contributed by atoms with Crippen molar-refractivity contribution in [2.75, 3.05) is 0 Å². The summed E-state index contributed by atoms with van der Waals surface area (Å²) in [5, 5.41) is 6.03. The van der Waals surface area contributed by atoms with E-state index in [0.29, 0.717) is 11.4 Å². The summed E-state index contributed by atoms with van der Waals surface area (Å²) >= 11 is 0. The smallest absolute Gasteiger partial charge is 0.270 e. The van der Waals surface area contributed by atoms with Gasteiger partial charge in [0.15, 0.2) is 0 Å². The van der Waals surface area contributed by atoms with Crippen molar-refractivity contribution in [2.45, 2.75) is 37.8 Å². The molecule has 1 aliphatic rings. The highest BCUT2D eigenvalue weighted by atomic mass is 16.2. The monoisotopic (exact) mass is 324 g/mol.